The summed E-state index contributed by atoms with van der Waals surface area (Å²) in [5, 5.41) is -0.158. The number of carbonyl (C=O) groups is 2. The molecule has 0 aliphatic rings. The van der Waals surface area contributed by atoms with Crippen molar-refractivity contribution < 1.29 is 27.1 Å². The SMILES string of the molecule is Cc1ccc(S(=O)(=O)N(C)CC(=O)NNC(=O)COc2ccc(F)c(Cl)c2)cc1. The van der Waals surface area contributed by atoms with Gasteiger partial charge in [0, 0.05) is 13.1 Å². The minimum absolute atomic E-state index is 0.0498. The Balaban J connectivity index is 1.81. The van der Waals surface area contributed by atoms with E-state index in [1.54, 1.807) is 12.1 Å². The number of amides is 2. The molecule has 0 heterocycles. The standard InChI is InChI=1S/C18H19ClFN3O5S/c1-12-3-6-14(7-4-12)29(26,27)23(2)10-17(24)21-22-18(25)11-28-13-5-8-16(20)15(19)9-13/h3-9H,10-11H2,1-2H3,(H,21,24)(H,22,25). The first-order valence-corrected chi connectivity index (χ1v) is 10.1. The van der Waals surface area contributed by atoms with Gasteiger partial charge in [0.15, 0.2) is 6.61 Å². The maximum Gasteiger partial charge on any atom is 0.276 e. The number of carbonyl (C=O) groups excluding carboxylic acids is 2. The molecule has 0 aromatic heterocycles. The molecular formula is C18H19ClFN3O5S. The van der Waals surface area contributed by atoms with Gasteiger partial charge in [0.05, 0.1) is 16.5 Å². The normalized spacial score (nSPS) is 11.2. The summed E-state index contributed by atoms with van der Waals surface area (Å²) in [4.78, 5) is 23.7. The fourth-order valence-electron chi connectivity index (χ4n) is 2.11. The maximum absolute atomic E-state index is 13.1. The average molecular weight is 444 g/mol. The largest absolute Gasteiger partial charge is 0.484 e. The highest BCUT2D eigenvalue weighted by Crippen LogP contribution is 2.20. The molecule has 156 valence electrons. The molecule has 2 N–H and O–H groups in total. The monoisotopic (exact) mass is 443 g/mol. The van der Waals surface area contributed by atoms with E-state index in [9.17, 15) is 22.4 Å². The predicted octanol–water partition coefficient (Wildman–Crippen LogP) is 1.63. The van der Waals surface area contributed by atoms with Crippen LogP contribution in [0.5, 0.6) is 5.75 Å². The van der Waals surface area contributed by atoms with Crippen molar-refractivity contribution in [3.05, 3.63) is 58.9 Å². The number of hydrogen-bond acceptors (Lipinski definition) is 5. The molecule has 0 saturated carbocycles. The topological polar surface area (TPSA) is 105 Å². The third kappa shape index (κ3) is 6.41. The molecular weight excluding hydrogens is 425 g/mol. The van der Waals surface area contributed by atoms with Crippen LogP contribution in [-0.2, 0) is 19.6 Å². The zero-order valence-electron chi connectivity index (χ0n) is 15.6. The van der Waals surface area contributed by atoms with E-state index in [1.165, 1.54) is 31.3 Å². The number of halogens is 2. The highest BCUT2D eigenvalue weighted by atomic mass is 35.5. The van der Waals surface area contributed by atoms with Gasteiger partial charge in [-0.05, 0) is 31.2 Å². The average Bonchev–Trinajstić information content (AvgIpc) is 2.67. The summed E-state index contributed by atoms with van der Waals surface area (Å²) >= 11 is 5.60. The first-order chi connectivity index (χ1) is 13.6. The second-order valence-corrected chi connectivity index (χ2v) is 8.49. The van der Waals surface area contributed by atoms with Gasteiger partial charge in [0.25, 0.3) is 11.8 Å². The molecule has 8 nitrogen and oxygen atoms in total. The van der Waals surface area contributed by atoms with Crippen LogP contribution in [0.1, 0.15) is 5.56 Å². The molecule has 0 spiro atoms. The number of hydrazine groups is 1. The van der Waals surface area contributed by atoms with Crippen LogP contribution < -0.4 is 15.6 Å². The summed E-state index contributed by atoms with van der Waals surface area (Å²) in [6.45, 7) is 0.843. The summed E-state index contributed by atoms with van der Waals surface area (Å²) in [7, 11) is -2.60. The Bertz CT molecular complexity index is 999. The number of hydrogen-bond donors (Lipinski definition) is 2. The summed E-state index contributed by atoms with van der Waals surface area (Å²) in [6, 6.07) is 9.76. The van der Waals surface area contributed by atoms with Crippen molar-refractivity contribution in [2.45, 2.75) is 11.8 Å². The molecule has 0 aliphatic heterocycles. The Kier molecular flexibility index (Phi) is 7.54. The van der Waals surface area contributed by atoms with Crippen LogP contribution in [0.15, 0.2) is 47.4 Å². The first kappa shape index (κ1) is 22.6. The molecule has 11 heteroatoms. The Morgan fingerprint density at radius 3 is 2.34 bits per heavy atom. The van der Waals surface area contributed by atoms with Gasteiger partial charge in [-0.3, -0.25) is 20.4 Å². The van der Waals surface area contributed by atoms with E-state index in [-0.39, 0.29) is 15.7 Å². The maximum atomic E-state index is 13.1. The summed E-state index contributed by atoms with van der Waals surface area (Å²) < 4.78 is 43.9. The van der Waals surface area contributed by atoms with Crippen molar-refractivity contribution in [1.82, 2.24) is 15.2 Å². The van der Waals surface area contributed by atoms with E-state index >= 15 is 0 Å². The van der Waals surface area contributed by atoms with Crippen molar-refractivity contribution in [1.29, 1.82) is 0 Å². The van der Waals surface area contributed by atoms with Crippen molar-refractivity contribution >= 4 is 33.4 Å². The zero-order chi connectivity index (χ0) is 21.6. The first-order valence-electron chi connectivity index (χ1n) is 8.28. The zero-order valence-corrected chi connectivity index (χ0v) is 17.2. The molecule has 0 unspecified atom stereocenters. The third-order valence-electron chi connectivity index (χ3n) is 3.70. The lowest BCUT2D eigenvalue weighted by Gasteiger charge is -2.17. The van der Waals surface area contributed by atoms with Crippen molar-refractivity contribution in [3.8, 4) is 5.75 Å². The fourth-order valence-corrected chi connectivity index (χ4v) is 3.41. The number of nitrogens with zero attached hydrogens (tertiary/aromatic N) is 1. The predicted molar refractivity (Wildman–Crippen MR) is 104 cm³/mol. The molecule has 0 bridgehead atoms. The van der Waals surface area contributed by atoms with Gasteiger partial charge in [-0.2, -0.15) is 4.31 Å². The van der Waals surface area contributed by atoms with Gasteiger partial charge in [-0.1, -0.05) is 29.3 Å². The molecule has 2 aromatic carbocycles. The van der Waals surface area contributed by atoms with Gasteiger partial charge >= 0.3 is 0 Å². The van der Waals surface area contributed by atoms with Crippen LogP contribution >= 0.6 is 11.6 Å². The number of likely N-dealkylation sites (N-methyl/N-ethyl adjacent to an activating group) is 1. The fraction of sp³-hybridized carbons (Fsp3) is 0.222. The Morgan fingerprint density at radius 2 is 1.72 bits per heavy atom. The number of aryl methyl sites for hydroxylation is 1. The molecule has 2 rings (SSSR count). The minimum atomic E-state index is -3.85. The minimum Gasteiger partial charge on any atom is -0.484 e. The summed E-state index contributed by atoms with van der Waals surface area (Å²) in [5.74, 6) is -1.91. The lowest BCUT2D eigenvalue weighted by molar-refractivity contribution is -0.130. The number of ether oxygens (including phenoxy) is 1. The van der Waals surface area contributed by atoms with Gasteiger partial charge in [-0.25, -0.2) is 12.8 Å². The quantitative estimate of drug-likeness (QED) is 0.633. The van der Waals surface area contributed by atoms with Crippen LogP contribution in [-0.4, -0.2) is 44.7 Å². The lowest BCUT2D eigenvalue weighted by atomic mass is 10.2. The van der Waals surface area contributed by atoms with E-state index in [1.807, 2.05) is 6.92 Å². The Morgan fingerprint density at radius 1 is 1.10 bits per heavy atom. The van der Waals surface area contributed by atoms with E-state index in [0.717, 1.165) is 15.9 Å². The van der Waals surface area contributed by atoms with Crippen molar-refractivity contribution in [3.63, 3.8) is 0 Å². The smallest absolute Gasteiger partial charge is 0.276 e. The molecule has 0 fully saturated rings. The molecule has 0 saturated heterocycles. The summed E-state index contributed by atoms with van der Waals surface area (Å²) in [5.41, 5.74) is 5.08. The van der Waals surface area contributed by atoms with Gasteiger partial charge in [0.1, 0.15) is 11.6 Å². The van der Waals surface area contributed by atoms with Gasteiger partial charge in [0.2, 0.25) is 10.0 Å². The van der Waals surface area contributed by atoms with E-state index < -0.39 is 40.8 Å². The third-order valence-corrected chi connectivity index (χ3v) is 5.81. The number of sulfonamides is 1. The number of nitrogens with one attached hydrogen (secondary N) is 2. The number of rotatable bonds is 7. The van der Waals surface area contributed by atoms with Gasteiger partial charge in [-0.15, -0.1) is 0 Å². The lowest BCUT2D eigenvalue weighted by Crippen LogP contribution is -2.48. The van der Waals surface area contributed by atoms with E-state index in [0.29, 0.717) is 0 Å². The van der Waals surface area contributed by atoms with Crippen molar-refractivity contribution in [2.75, 3.05) is 20.2 Å². The van der Waals surface area contributed by atoms with Crippen LogP contribution in [0, 0.1) is 12.7 Å². The molecule has 0 aliphatic carbocycles. The molecule has 0 radical (unpaired) electrons. The van der Waals surface area contributed by atoms with Crippen LogP contribution in [0.4, 0.5) is 4.39 Å². The van der Waals surface area contributed by atoms with Crippen LogP contribution in [0.25, 0.3) is 0 Å². The van der Waals surface area contributed by atoms with Crippen LogP contribution in [0.2, 0.25) is 5.02 Å². The van der Waals surface area contributed by atoms with E-state index in [2.05, 4.69) is 10.9 Å². The Labute approximate surface area is 172 Å². The highest BCUT2D eigenvalue weighted by Gasteiger charge is 2.23. The second kappa shape index (κ2) is 9.68. The van der Waals surface area contributed by atoms with Gasteiger partial charge < -0.3 is 4.74 Å². The van der Waals surface area contributed by atoms with E-state index in [4.69, 9.17) is 16.3 Å². The second-order valence-electron chi connectivity index (χ2n) is 6.04. The van der Waals surface area contributed by atoms with Crippen molar-refractivity contribution in [2.24, 2.45) is 0 Å². The molecule has 0 atom stereocenters. The number of benzene rings is 2. The highest BCUT2D eigenvalue weighted by molar-refractivity contribution is 7.89. The summed E-state index contributed by atoms with van der Waals surface area (Å²) in [6.07, 6.45) is 0. The molecule has 2 aromatic rings. The molecule has 2 amide bonds. The van der Waals surface area contributed by atoms with Crippen LogP contribution in [0.3, 0.4) is 0 Å². The Hall–Kier alpha value is -2.69. The molecule has 29 heavy (non-hydrogen) atoms.